The Bertz CT molecular complexity index is 317. The van der Waals surface area contributed by atoms with Gasteiger partial charge >= 0.3 is 0 Å². The van der Waals surface area contributed by atoms with E-state index in [9.17, 15) is 0 Å². The summed E-state index contributed by atoms with van der Waals surface area (Å²) in [6, 6.07) is 4.48. The molecule has 0 aliphatic carbocycles. The molecule has 0 radical (unpaired) electrons. The molecule has 4 nitrogen and oxygen atoms in total. The minimum absolute atomic E-state index is 0.424. The predicted molar refractivity (Wildman–Crippen MR) is 70.0 cm³/mol. The first kappa shape index (κ1) is 14.1. The Morgan fingerprint density at radius 1 is 1.47 bits per heavy atom. The average Bonchev–Trinajstić information content (AvgIpc) is 2.34. The Kier molecular flexibility index (Phi) is 6.77. The van der Waals surface area contributed by atoms with E-state index >= 15 is 0 Å². The predicted octanol–water partition coefficient (Wildman–Crippen LogP) is 1.10. The van der Waals surface area contributed by atoms with Crippen molar-refractivity contribution in [2.24, 2.45) is 0 Å². The van der Waals surface area contributed by atoms with Crippen molar-refractivity contribution in [3.63, 3.8) is 0 Å². The highest BCUT2D eigenvalue weighted by atomic mass is 16.5. The largest absolute Gasteiger partial charge is 0.383 e. The molecule has 0 fully saturated rings. The maximum atomic E-state index is 4.98. The first-order valence-electron chi connectivity index (χ1n) is 6.07. The maximum absolute atomic E-state index is 4.98. The molecule has 1 heterocycles. The second kappa shape index (κ2) is 8.17. The fraction of sp³-hybridized carbons (Fsp3) is 0.615. The number of hydrogen-bond acceptors (Lipinski definition) is 4. The van der Waals surface area contributed by atoms with Gasteiger partial charge in [-0.25, -0.2) is 0 Å². The molecule has 17 heavy (non-hydrogen) atoms. The lowest BCUT2D eigenvalue weighted by atomic mass is 10.2. The number of pyridine rings is 1. The third kappa shape index (κ3) is 5.77. The van der Waals surface area contributed by atoms with Gasteiger partial charge in [-0.15, -0.1) is 0 Å². The molecule has 0 spiro atoms. The van der Waals surface area contributed by atoms with Gasteiger partial charge in [0, 0.05) is 39.0 Å². The molecule has 0 aliphatic heterocycles. The molecule has 0 aromatic carbocycles. The molecule has 1 rings (SSSR count). The van der Waals surface area contributed by atoms with E-state index in [-0.39, 0.29) is 0 Å². The topological polar surface area (TPSA) is 46.2 Å². The van der Waals surface area contributed by atoms with Crippen LogP contribution in [0.4, 0.5) is 0 Å². The summed E-state index contributed by atoms with van der Waals surface area (Å²) in [5.41, 5.74) is 2.36. The molecule has 0 amide bonds. The molecule has 0 aliphatic rings. The van der Waals surface area contributed by atoms with Crippen LogP contribution in [-0.4, -0.2) is 37.8 Å². The van der Waals surface area contributed by atoms with Gasteiger partial charge in [0.2, 0.25) is 0 Å². The van der Waals surface area contributed by atoms with E-state index in [4.69, 9.17) is 4.74 Å². The maximum Gasteiger partial charge on any atom is 0.0587 e. The lowest BCUT2D eigenvalue weighted by molar-refractivity contribution is 0.198. The molecule has 0 bridgehead atoms. The second-order valence-electron chi connectivity index (χ2n) is 4.25. The molecule has 1 aromatic rings. The number of methoxy groups -OCH3 is 1. The van der Waals surface area contributed by atoms with Crippen LogP contribution in [-0.2, 0) is 11.3 Å². The number of aryl methyl sites for hydroxylation is 1. The van der Waals surface area contributed by atoms with Crippen molar-refractivity contribution < 1.29 is 4.74 Å². The standard InChI is InChI=1S/C13H23N3O/c1-11-5-4-6-15-13(11)10-16-12(2)9-14-7-8-17-3/h4-6,12,14,16H,7-10H2,1-3H3. The fourth-order valence-electron chi connectivity index (χ4n) is 1.54. The van der Waals surface area contributed by atoms with Crippen molar-refractivity contribution >= 4 is 0 Å². The van der Waals surface area contributed by atoms with E-state index < -0.39 is 0 Å². The summed E-state index contributed by atoms with van der Waals surface area (Å²) in [7, 11) is 1.72. The van der Waals surface area contributed by atoms with Gasteiger partial charge in [-0.2, -0.15) is 0 Å². The summed E-state index contributed by atoms with van der Waals surface area (Å²) in [5, 5.41) is 6.78. The lowest BCUT2D eigenvalue weighted by Gasteiger charge is -2.15. The summed E-state index contributed by atoms with van der Waals surface area (Å²) >= 11 is 0. The van der Waals surface area contributed by atoms with Crippen molar-refractivity contribution in [2.75, 3.05) is 26.8 Å². The molecule has 0 saturated carbocycles. The van der Waals surface area contributed by atoms with Crippen LogP contribution < -0.4 is 10.6 Å². The van der Waals surface area contributed by atoms with Crippen molar-refractivity contribution in [2.45, 2.75) is 26.4 Å². The number of ether oxygens (including phenoxy) is 1. The molecule has 1 unspecified atom stereocenters. The number of hydrogen-bond donors (Lipinski definition) is 2. The Labute approximate surface area is 104 Å². The summed E-state index contributed by atoms with van der Waals surface area (Å²) < 4.78 is 4.98. The quantitative estimate of drug-likeness (QED) is 0.665. The molecular weight excluding hydrogens is 214 g/mol. The van der Waals surface area contributed by atoms with E-state index in [1.165, 1.54) is 5.56 Å². The Morgan fingerprint density at radius 3 is 3.00 bits per heavy atom. The molecule has 0 saturated heterocycles. The van der Waals surface area contributed by atoms with Gasteiger partial charge < -0.3 is 15.4 Å². The van der Waals surface area contributed by atoms with Crippen LogP contribution in [0.3, 0.4) is 0 Å². The van der Waals surface area contributed by atoms with Crippen molar-refractivity contribution in [3.05, 3.63) is 29.6 Å². The van der Waals surface area contributed by atoms with Gasteiger partial charge in [0.05, 0.1) is 12.3 Å². The minimum Gasteiger partial charge on any atom is -0.383 e. The van der Waals surface area contributed by atoms with E-state index in [2.05, 4.69) is 35.5 Å². The number of nitrogens with one attached hydrogen (secondary N) is 2. The van der Waals surface area contributed by atoms with Gasteiger partial charge in [0.1, 0.15) is 0 Å². The Hall–Kier alpha value is -0.970. The molecule has 4 heteroatoms. The molecule has 1 aromatic heterocycles. The summed E-state index contributed by atoms with van der Waals surface area (Å²) in [5.74, 6) is 0. The zero-order valence-electron chi connectivity index (χ0n) is 11.0. The van der Waals surface area contributed by atoms with Crippen LogP contribution in [0.15, 0.2) is 18.3 Å². The van der Waals surface area contributed by atoms with E-state index in [0.29, 0.717) is 6.04 Å². The monoisotopic (exact) mass is 237 g/mol. The van der Waals surface area contributed by atoms with Gasteiger partial charge in [-0.1, -0.05) is 6.07 Å². The van der Waals surface area contributed by atoms with Gasteiger partial charge in [-0.05, 0) is 25.5 Å². The second-order valence-corrected chi connectivity index (χ2v) is 4.25. The van der Waals surface area contributed by atoms with Crippen LogP contribution in [0.1, 0.15) is 18.2 Å². The van der Waals surface area contributed by atoms with Crippen molar-refractivity contribution in [1.82, 2.24) is 15.6 Å². The van der Waals surface area contributed by atoms with Crippen molar-refractivity contribution in [3.8, 4) is 0 Å². The zero-order chi connectivity index (χ0) is 12.5. The smallest absolute Gasteiger partial charge is 0.0587 e. The number of nitrogens with zero attached hydrogens (tertiary/aromatic N) is 1. The minimum atomic E-state index is 0.424. The average molecular weight is 237 g/mol. The highest BCUT2D eigenvalue weighted by Gasteiger charge is 2.03. The first-order chi connectivity index (χ1) is 8.24. The van der Waals surface area contributed by atoms with Gasteiger partial charge in [0.25, 0.3) is 0 Å². The lowest BCUT2D eigenvalue weighted by Crippen LogP contribution is -2.37. The third-order valence-electron chi connectivity index (χ3n) is 2.67. The highest BCUT2D eigenvalue weighted by Crippen LogP contribution is 2.02. The SMILES string of the molecule is COCCNCC(C)NCc1ncccc1C. The van der Waals surface area contributed by atoms with E-state index in [1.54, 1.807) is 7.11 Å². The molecular formula is C13H23N3O. The highest BCUT2D eigenvalue weighted by molar-refractivity contribution is 5.17. The molecule has 2 N–H and O–H groups in total. The summed E-state index contributed by atoms with van der Waals surface area (Å²) in [6.45, 7) is 7.66. The van der Waals surface area contributed by atoms with Gasteiger partial charge in [0.15, 0.2) is 0 Å². The zero-order valence-corrected chi connectivity index (χ0v) is 11.0. The van der Waals surface area contributed by atoms with Crippen LogP contribution in [0.25, 0.3) is 0 Å². The Balaban J connectivity index is 2.19. The van der Waals surface area contributed by atoms with Crippen LogP contribution in [0.2, 0.25) is 0 Å². The Morgan fingerprint density at radius 2 is 2.29 bits per heavy atom. The van der Waals surface area contributed by atoms with Crippen LogP contribution in [0.5, 0.6) is 0 Å². The normalized spacial score (nSPS) is 12.6. The van der Waals surface area contributed by atoms with Gasteiger partial charge in [-0.3, -0.25) is 4.98 Å². The van der Waals surface area contributed by atoms with Crippen molar-refractivity contribution in [1.29, 1.82) is 0 Å². The number of aromatic nitrogens is 1. The molecule has 1 atom stereocenters. The summed E-state index contributed by atoms with van der Waals surface area (Å²) in [6.07, 6.45) is 1.84. The number of rotatable bonds is 8. The molecule has 96 valence electrons. The van der Waals surface area contributed by atoms with E-state index in [1.807, 2.05) is 12.3 Å². The first-order valence-corrected chi connectivity index (χ1v) is 6.07. The van der Waals surface area contributed by atoms with Crippen LogP contribution in [0, 0.1) is 6.92 Å². The van der Waals surface area contributed by atoms with Crippen LogP contribution >= 0.6 is 0 Å². The fourth-order valence-corrected chi connectivity index (χ4v) is 1.54. The summed E-state index contributed by atoms with van der Waals surface area (Å²) in [4.78, 5) is 4.36. The van der Waals surface area contributed by atoms with E-state index in [0.717, 1.165) is 31.9 Å². The third-order valence-corrected chi connectivity index (χ3v) is 2.67.